The Hall–Kier alpha value is -8.04. The number of hydrogen-bond acceptors (Lipinski definition) is 2. The first kappa shape index (κ1) is 38.4. The van der Waals surface area contributed by atoms with Crippen molar-refractivity contribution in [3.05, 3.63) is 305 Å². The van der Waals surface area contributed by atoms with E-state index in [4.69, 9.17) is 0 Å². The van der Waals surface area contributed by atoms with Crippen LogP contribution in [0.4, 0.5) is 17.1 Å². The molecule has 0 aliphatic heterocycles. The Morgan fingerprint density at radius 3 is 1.11 bits per heavy atom. The highest BCUT2D eigenvalue weighted by Crippen LogP contribution is 2.59. The molecule has 0 N–H and O–H groups in total. The van der Waals surface area contributed by atoms with E-state index in [1.165, 1.54) is 87.3 Å². The van der Waals surface area contributed by atoms with Gasteiger partial charge in [0.15, 0.2) is 0 Å². The van der Waals surface area contributed by atoms with Crippen LogP contribution in [0.2, 0.25) is 0 Å². The summed E-state index contributed by atoms with van der Waals surface area (Å²) in [5, 5.41) is 1.23. The molecular formula is C64H43NS. The highest BCUT2D eigenvalue weighted by atomic mass is 32.1. The lowest BCUT2D eigenvalue weighted by Gasteiger charge is -2.34. The highest BCUT2D eigenvalue weighted by molar-refractivity contribution is 7.22. The van der Waals surface area contributed by atoms with E-state index in [2.05, 4.69) is 266 Å². The van der Waals surface area contributed by atoms with E-state index in [1.807, 2.05) is 11.3 Å². The molecular weight excluding hydrogens is 815 g/mol. The molecule has 2 heteroatoms. The number of fused-ring (bicyclic) bond motifs is 7. The summed E-state index contributed by atoms with van der Waals surface area (Å²) in [6.07, 6.45) is 0. The Morgan fingerprint density at radius 2 is 0.652 bits per heavy atom. The standard InChI is InChI=1S/C64H43NS/c1-6-20-44(21-7-1)62-41-45-40-50(36-39-61(45)66-62)65(51-34-37-59-55(42-51)53-30-16-18-32-57(53)63(59,46-22-8-2-9-23-46)47-24-10-3-11-25-47)52-35-38-60-56(43-52)54-31-17-19-33-58(54)64(60,48-26-12-4-13-27-48)49-28-14-5-15-29-49/h1-43H. The van der Waals surface area contributed by atoms with Gasteiger partial charge in [0.1, 0.15) is 0 Å². The van der Waals surface area contributed by atoms with Crippen molar-refractivity contribution < 1.29 is 0 Å². The lowest BCUT2D eigenvalue weighted by atomic mass is 9.67. The molecule has 310 valence electrons. The van der Waals surface area contributed by atoms with E-state index in [0.29, 0.717) is 0 Å². The zero-order valence-electron chi connectivity index (χ0n) is 36.2. The fraction of sp³-hybridized carbons (Fsp3) is 0.0312. The van der Waals surface area contributed by atoms with Crippen molar-refractivity contribution in [2.45, 2.75) is 10.8 Å². The smallest absolute Gasteiger partial charge is 0.0713 e. The largest absolute Gasteiger partial charge is 0.310 e. The number of rotatable bonds is 8. The van der Waals surface area contributed by atoms with E-state index in [1.54, 1.807) is 0 Å². The van der Waals surface area contributed by atoms with Crippen LogP contribution in [0.25, 0.3) is 42.8 Å². The molecule has 0 spiro atoms. The van der Waals surface area contributed by atoms with Crippen LogP contribution in [0.1, 0.15) is 44.5 Å². The maximum atomic E-state index is 2.49. The predicted octanol–water partition coefficient (Wildman–Crippen LogP) is 16.8. The average Bonchev–Trinajstić information content (AvgIpc) is 4.05. The summed E-state index contributed by atoms with van der Waals surface area (Å²) in [4.78, 5) is 3.76. The Labute approximate surface area is 390 Å². The van der Waals surface area contributed by atoms with Crippen molar-refractivity contribution in [2.24, 2.45) is 0 Å². The normalized spacial score (nSPS) is 13.7. The van der Waals surface area contributed by atoms with E-state index >= 15 is 0 Å². The number of nitrogens with zero attached hydrogens (tertiary/aromatic N) is 1. The summed E-state index contributed by atoms with van der Waals surface area (Å²) < 4.78 is 1.27. The molecule has 2 aliphatic carbocycles. The Morgan fingerprint density at radius 1 is 0.288 bits per heavy atom. The average molecular weight is 858 g/mol. The first-order chi connectivity index (χ1) is 32.7. The molecule has 0 fully saturated rings. The minimum Gasteiger partial charge on any atom is -0.310 e. The molecule has 11 aromatic rings. The zero-order valence-corrected chi connectivity index (χ0v) is 37.0. The summed E-state index contributed by atoms with van der Waals surface area (Å²) in [5.41, 5.74) is 18.9. The number of hydrogen-bond donors (Lipinski definition) is 0. The van der Waals surface area contributed by atoms with Gasteiger partial charge in [0.25, 0.3) is 0 Å². The van der Waals surface area contributed by atoms with Gasteiger partial charge < -0.3 is 4.90 Å². The third-order valence-corrected chi connectivity index (χ3v) is 15.4. The van der Waals surface area contributed by atoms with Gasteiger partial charge in [-0.3, -0.25) is 0 Å². The van der Waals surface area contributed by atoms with Crippen molar-refractivity contribution >= 4 is 38.5 Å². The van der Waals surface area contributed by atoms with Crippen molar-refractivity contribution in [1.29, 1.82) is 0 Å². The van der Waals surface area contributed by atoms with Gasteiger partial charge in [0.2, 0.25) is 0 Å². The van der Waals surface area contributed by atoms with Crippen LogP contribution in [0, 0.1) is 0 Å². The van der Waals surface area contributed by atoms with E-state index in [9.17, 15) is 0 Å². The second kappa shape index (κ2) is 15.3. The summed E-state index contributed by atoms with van der Waals surface area (Å²) in [7, 11) is 0. The second-order valence-corrected chi connectivity index (χ2v) is 18.6. The van der Waals surface area contributed by atoms with Crippen molar-refractivity contribution in [2.75, 3.05) is 4.90 Å². The molecule has 2 aliphatic rings. The van der Waals surface area contributed by atoms with Gasteiger partial charge in [0, 0.05) is 26.6 Å². The molecule has 0 unspecified atom stereocenters. The SMILES string of the molecule is c1ccc(-c2cc3cc(N(c4ccc5c(c4)-c4ccccc4C5(c4ccccc4)c4ccccc4)c4ccc5c(c4)-c4ccccc4C5(c4ccccc4)c4ccccc4)ccc3s2)cc1. The zero-order chi connectivity index (χ0) is 43.7. The van der Waals surface area contributed by atoms with Crippen LogP contribution in [0.15, 0.2) is 261 Å². The molecule has 0 amide bonds. The molecule has 0 atom stereocenters. The Kier molecular flexibility index (Phi) is 8.91. The third kappa shape index (κ3) is 5.65. The minimum atomic E-state index is -0.475. The van der Waals surface area contributed by atoms with Gasteiger partial charge in [-0.15, -0.1) is 11.3 Å². The maximum Gasteiger partial charge on any atom is 0.0713 e. The van der Waals surface area contributed by atoms with E-state index in [0.717, 1.165) is 17.1 Å². The summed E-state index contributed by atoms with van der Waals surface area (Å²) in [6, 6.07) is 96.9. The van der Waals surface area contributed by atoms with Crippen LogP contribution in [0.3, 0.4) is 0 Å². The molecule has 1 heterocycles. The van der Waals surface area contributed by atoms with Crippen molar-refractivity contribution in [3.63, 3.8) is 0 Å². The van der Waals surface area contributed by atoms with Crippen LogP contribution in [0.5, 0.6) is 0 Å². The first-order valence-electron chi connectivity index (χ1n) is 22.8. The number of anilines is 3. The monoisotopic (exact) mass is 857 g/mol. The fourth-order valence-electron chi connectivity index (χ4n) is 11.5. The summed E-state index contributed by atoms with van der Waals surface area (Å²) >= 11 is 1.85. The Balaban J connectivity index is 1.06. The van der Waals surface area contributed by atoms with Gasteiger partial charge in [0.05, 0.1) is 10.8 Å². The second-order valence-electron chi connectivity index (χ2n) is 17.5. The van der Waals surface area contributed by atoms with Gasteiger partial charge >= 0.3 is 0 Å². The van der Waals surface area contributed by atoms with E-state index in [-0.39, 0.29) is 0 Å². The van der Waals surface area contributed by atoms with Gasteiger partial charge in [-0.2, -0.15) is 0 Å². The minimum absolute atomic E-state index is 0.475. The fourth-order valence-corrected chi connectivity index (χ4v) is 12.6. The molecule has 0 saturated carbocycles. The molecule has 1 aromatic heterocycles. The number of thiophene rings is 1. The lowest BCUT2D eigenvalue weighted by Crippen LogP contribution is -2.28. The summed E-state index contributed by atoms with van der Waals surface area (Å²) in [5.74, 6) is 0. The van der Waals surface area contributed by atoms with E-state index < -0.39 is 10.8 Å². The molecule has 0 radical (unpaired) electrons. The highest BCUT2D eigenvalue weighted by Gasteiger charge is 2.48. The summed E-state index contributed by atoms with van der Waals surface area (Å²) in [6.45, 7) is 0. The van der Waals surface area contributed by atoms with Gasteiger partial charge in [-0.25, -0.2) is 0 Å². The maximum absolute atomic E-state index is 2.49. The van der Waals surface area contributed by atoms with Crippen LogP contribution in [-0.4, -0.2) is 0 Å². The van der Waals surface area contributed by atoms with Crippen LogP contribution < -0.4 is 4.90 Å². The molecule has 66 heavy (non-hydrogen) atoms. The molecule has 0 bridgehead atoms. The quantitative estimate of drug-likeness (QED) is 0.147. The van der Waals surface area contributed by atoms with Crippen molar-refractivity contribution in [1.82, 2.24) is 0 Å². The number of benzene rings is 10. The molecule has 1 nitrogen and oxygen atoms in total. The molecule has 10 aromatic carbocycles. The first-order valence-corrected chi connectivity index (χ1v) is 23.6. The van der Waals surface area contributed by atoms with Gasteiger partial charge in [-0.05, 0) is 126 Å². The third-order valence-electron chi connectivity index (χ3n) is 14.2. The molecule has 13 rings (SSSR count). The topological polar surface area (TPSA) is 3.24 Å². The van der Waals surface area contributed by atoms with Gasteiger partial charge in [-0.1, -0.05) is 212 Å². The van der Waals surface area contributed by atoms with Crippen molar-refractivity contribution in [3.8, 4) is 32.7 Å². The van der Waals surface area contributed by atoms with Crippen LogP contribution in [-0.2, 0) is 10.8 Å². The Bertz CT molecular complexity index is 3320. The predicted molar refractivity (Wildman–Crippen MR) is 277 cm³/mol. The van der Waals surface area contributed by atoms with Crippen LogP contribution >= 0.6 is 11.3 Å². The molecule has 0 saturated heterocycles. The lowest BCUT2D eigenvalue weighted by molar-refractivity contribution is 0.768.